The van der Waals surface area contributed by atoms with Crippen molar-refractivity contribution in [2.45, 2.75) is 38.6 Å². The number of hydrogen-bond donors (Lipinski definition) is 1. The highest BCUT2D eigenvalue weighted by Gasteiger charge is 2.31. The van der Waals surface area contributed by atoms with Gasteiger partial charge in [-0.05, 0) is 31.4 Å². The number of nitrogens with one attached hydrogen (secondary N) is 1. The summed E-state index contributed by atoms with van der Waals surface area (Å²) in [4.78, 5) is 11.2. The third-order valence-corrected chi connectivity index (χ3v) is 4.35. The molecule has 1 aromatic rings. The molecule has 0 fully saturated rings. The van der Waals surface area contributed by atoms with Gasteiger partial charge in [0.2, 0.25) is 15.3 Å². The van der Waals surface area contributed by atoms with Gasteiger partial charge >= 0.3 is 0 Å². The smallest absolute Gasteiger partial charge is 0.246 e. The predicted octanol–water partition coefficient (Wildman–Crippen LogP) is 1.36. The van der Waals surface area contributed by atoms with E-state index in [9.17, 15) is 13.2 Å². The number of sulfonamides is 1. The normalized spacial score (nSPS) is 13.9. The highest BCUT2D eigenvalue weighted by molar-refractivity contribution is 7.89. The van der Waals surface area contributed by atoms with Crippen molar-refractivity contribution in [3.63, 3.8) is 0 Å². The van der Waals surface area contributed by atoms with Crippen LogP contribution in [-0.4, -0.2) is 24.9 Å². The molecule has 0 saturated carbocycles. The summed E-state index contributed by atoms with van der Waals surface area (Å²) in [6.45, 7) is 6.39. The van der Waals surface area contributed by atoms with Gasteiger partial charge in [0.05, 0.1) is 6.04 Å². The van der Waals surface area contributed by atoms with E-state index in [4.69, 9.17) is 16.1 Å². The number of hydrogen-bond acceptors (Lipinski definition) is 5. The molecule has 1 N–H and O–H groups in total. The number of rotatable bonds is 5. The summed E-state index contributed by atoms with van der Waals surface area (Å²) in [6.07, 6.45) is 0. The Morgan fingerprint density at radius 1 is 1.39 bits per heavy atom. The minimum Gasteiger partial charge on any atom is -0.360 e. The summed E-state index contributed by atoms with van der Waals surface area (Å²) in [7, 11) is -3.88. The Balaban J connectivity index is 3.13. The first kappa shape index (κ1) is 15.1. The Bertz CT molecular complexity index is 531. The van der Waals surface area contributed by atoms with E-state index in [0.717, 1.165) is 0 Å². The molecule has 0 amide bonds. The van der Waals surface area contributed by atoms with Gasteiger partial charge in [0.15, 0.2) is 5.76 Å². The Morgan fingerprint density at radius 2 is 1.94 bits per heavy atom. The Morgan fingerprint density at radius 3 is 2.28 bits per heavy atom. The maximum absolute atomic E-state index is 12.1. The second-order valence-electron chi connectivity index (χ2n) is 4.30. The van der Waals surface area contributed by atoms with Crippen molar-refractivity contribution in [3.8, 4) is 0 Å². The van der Waals surface area contributed by atoms with E-state index in [2.05, 4.69) is 9.88 Å². The molecule has 1 aromatic heterocycles. The van der Waals surface area contributed by atoms with Crippen LogP contribution in [0.1, 0.15) is 25.3 Å². The van der Waals surface area contributed by atoms with Gasteiger partial charge in [0.25, 0.3) is 0 Å². The lowest BCUT2D eigenvalue weighted by molar-refractivity contribution is -0.113. The molecular formula is C10H15ClN2O4S. The molecule has 102 valence electrons. The highest BCUT2D eigenvalue weighted by atomic mass is 35.5. The van der Waals surface area contributed by atoms with E-state index in [0.29, 0.717) is 0 Å². The minimum absolute atomic E-state index is 0.0499. The van der Waals surface area contributed by atoms with Crippen LogP contribution in [0.25, 0.3) is 0 Å². The molecule has 0 radical (unpaired) electrons. The minimum atomic E-state index is -3.88. The fourth-order valence-corrected chi connectivity index (χ4v) is 3.57. The second kappa shape index (κ2) is 5.38. The zero-order valence-electron chi connectivity index (χ0n) is 10.5. The van der Waals surface area contributed by atoms with Crippen molar-refractivity contribution in [2.75, 3.05) is 0 Å². The summed E-state index contributed by atoms with van der Waals surface area (Å²) in [5.74, 6) is -0.0882. The molecule has 1 atom stereocenters. The molecule has 0 spiro atoms. The number of carbonyl (C=O) groups excluding carboxylic acids is 1. The van der Waals surface area contributed by atoms with Crippen LogP contribution in [0.3, 0.4) is 0 Å². The molecule has 1 heterocycles. The monoisotopic (exact) mass is 294 g/mol. The van der Waals surface area contributed by atoms with E-state index in [-0.39, 0.29) is 22.3 Å². The number of nitrogens with zero attached hydrogens (tertiary/aromatic N) is 1. The first-order valence-electron chi connectivity index (χ1n) is 5.31. The molecular weight excluding hydrogens is 280 g/mol. The largest absolute Gasteiger partial charge is 0.360 e. The molecule has 0 aliphatic rings. The van der Waals surface area contributed by atoms with Crippen LogP contribution in [0, 0.1) is 19.8 Å². The van der Waals surface area contributed by atoms with E-state index < -0.39 is 21.3 Å². The van der Waals surface area contributed by atoms with Gasteiger partial charge in [-0.1, -0.05) is 19.0 Å². The SMILES string of the molecule is Cc1noc(C)c1S(=O)(=O)NC(C(=O)Cl)C(C)C. The van der Waals surface area contributed by atoms with Gasteiger partial charge in [-0.3, -0.25) is 4.79 Å². The van der Waals surface area contributed by atoms with Crippen LogP contribution in [0.4, 0.5) is 0 Å². The molecule has 0 saturated heterocycles. The molecule has 0 bridgehead atoms. The number of aryl methyl sites for hydroxylation is 2. The topological polar surface area (TPSA) is 89.3 Å². The summed E-state index contributed by atoms with van der Waals surface area (Å²) < 4.78 is 31.3. The van der Waals surface area contributed by atoms with Crippen LogP contribution in [0.2, 0.25) is 0 Å². The fraction of sp³-hybridized carbons (Fsp3) is 0.600. The predicted molar refractivity (Wildman–Crippen MR) is 65.8 cm³/mol. The maximum Gasteiger partial charge on any atom is 0.246 e. The lowest BCUT2D eigenvalue weighted by atomic mass is 10.1. The van der Waals surface area contributed by atoms with Crippen molar-refractivity contribution < 1.29 is 17.7 Å². The average molecular weight is 295 g/mol. The van der Waals surface area contributed by atoms with Crippen LogP contribution in [0.5, 0.6) is 0 Å². The zero-order valence-corrected chi connectivity index (χ0v) is 12.1. The summed E-state index contributed by atoms with van der Waals surface area (Å²) in [5, 5.41) is 2.82. The number of halogens is 1. The Labute approximate surface area is 111 Å². The lowest BCUT2D eigenvalue weighted by Crippen LogP contribution is -2.42. The molecule has 1 rings (SSSR count). The fourth-order valence-electron chi connectivity index (χ4n) is 1.53. The van der Waals surface area contributed by atoms with Crippen molar-refractivity contribution in [1.29, 1.82) is 0 Å². The number of aromatic nitrogens is 1. The first-order chi connectivity index (χ1) is 8.16. The first-order valence-corrected chi connectivity index (χ1v) is 7.17. The molecule has 1 unspecified atom stereocenters. The molecule has 8 heteroatoms. The zero-order chi connectivity index (χ0) is 14.1. The van der Waals surface area contributed by atoms with Crippen molar-refractivity contribution in [2.24, 2.45) is 5.92 Å². The van der Waals surface area contributed by atoms with Gasteiger partial charge in [-0.2, -0.15) is 4.72 Å². The summed E-state index contributed by atoms with van der Waals surface area (Å²) >= 11 is 5.38. The molecule has 18 heavy (non-hydrogen) atoms. The highest BCUT2D eigenvalue weighted by Crippen LogP contribution is 2.20. The van der Waals surface area contributed by atoms with Gasteiger partial charge in [-0.25, -0.2) is 8.42 Å². The third-order valence-electron chi connectivity index (χ3n) is 2.43. The van der Waals surface area contributed by atoms with Gasteiger partial charge < -0.3 is 4.52 Å². The van der Waals surface area contributed by atoms with E-state index in [1.165, 1.54) is 13.8 Å². The quantitative estimate of drug-likeness (QED) is 0.828. The van der Waals surface area contributed by atoms with Crippen LogP contribution < -0.4 is 4.72 Å². The van der Waals surface area contributed by atoms with Gasteiger partial charge in [-0.15, -0.1) is 0 Å². The van der Waals surface area contributed by atoms with Crippen LogP contribution in [-0.2, 0) is 14.8 Å². The van der Waals surface area contributed by atoms with Crippen molar-refractivity contribution in [1.82, 2.24) is 9.88 Å². The van der Waals surface area contributed by atoms with Crippen molar-refractivity contribution in [3.05, 3.63) is 11.5 Å². The summed E-state index contributed by atoms with van der Waals surface area (Å²) in [5.41, 5.74) is 0.240. The molecule has 6 nitrogen and oxygen atoms in total. The van der Waals surface area contributed by atoms with Gasteiger partial charge in [0, 0.05) is 0 Å². The average Bonchev–Trinajstić information content (AvgIpc) is 2.54. The molecule has 0 aliphatic carbocycles. The second-order valence-corrected chi connectivity index (χ2v) is 6.32. The lowest BCUT2D eigenvalue weighted by Gasteiger charge is -2.17. The van der Waals surface area contributed by atoms with E-state index >= 15 is 0 Å². The summed E-state index contributed by atoms with van der Waals surface area (Å²) in [6, 6.07) is -0.981. The standard InChI is InChI=1S/C10H15ClN2O4S/c1-5(2)8(10(11)14)13-18(15,16)9-6(3)12-17-7(9)4/h5,8,13H,1-4H3. The van der Waals surface area contributed by atoms with Gasteiger partial charge in [0.1, 0.15) is 10.6 Å². The molecule has 0 aromatic carbocycles. The Hall–Kier alpha value is -0.920. The van der Waals surface area contributed by atoms with Crippen molar-refractivity contribution >= 4 is 26.9 Å². The number of carbonyl (C=O) groups is 1. The van der Waals surface area contributed by atoms with Crippen LogP contribution >= 0.6 is 11.6 Å². The van der Waals surface area contributed by atoms with E-state index in [1.54, 1.807) is 13.8 Å². The molecule has 0 aliphatic heterocycles. The third kappa shape index (κ3) is 3.09. The van der Waals surface area contributed by atoms with E-state index in [1.807, 2.05) is 0 Å². The van der Waals surface area contributed by atoms with Crippen LogP contribution in [0.15, 0.2) is 9.42 Å². The Kier molecular flexibility index (Phi) is 4.52. The maximum atomic E-state index is 12.1.